The van der Waals surface area contributed by atoms with Crippen molar-refractivity contribution in [1.82, 2.24) is 0 Å². The van der Waals surface area contributed by atoms with Crippen molar-refractivity contribution in [2.24, 2.45) is 23.7 Å². The highest BCUT2D eigenvalue weighted by Crippen LogP contribution is 2.27. The summed E-state index contributed by atoms with van der Waals surface area (Å²) in [6.07, 6.45) is 14.5. The number of rotatable bonds is 0. The molecule has 2 aliphatic carbocycles. The van der Waals surface area contributed by atoms with E-state index in [1.165, 1.54) is 64.2 Å². The van der Waals surface area contributed by atoms with Crippen LogP contribution in [0.3, 0.4) is 0 Å². The fourth-order valence-corrected chi connectivity index (χ4v) is 3.10. The summed E-state index contributed by atoms with van der Waals surface area (Å²) < 4.78 is 0. The van der Waals surface area contributed by atoms with Crippen molar-refractivity contribution >= 4 is 0 Å². The van der Waals surface area contributed by atoms with Gasteiger partial charge in [0.05, 0.1) is 0 Å². The number of hydrogen-bond donors (Lipinski definition) is 0. The van der Waals surface area contributed by atoms with Crippen molar-refractivity contribution in [1.29, 1.82) is 0 Å². The molecule has 2 rings (SSSR count). The molecular formula is C20H42. The van der Waals surface area contributed by atoms with Gasteiger partial charge in [0.15, 0.2) is 0 Å². The van der Waals surface area contributed by atoms with Gasteiger partial charge in [-0.15, -0.1) is 0 Å². The molecule has 0 aromatic carbocycles. The molecule has 0 nitrogen and oxygen atoms in total. The minimum Gasteiger partial charge on any atom is -0.0656 e. The molecule has 0 N–H and O–H groups in total. The van der Waals surface area contributed by atoms with Crippen LogP contribution in [0.2, 0.25) is 0 Å². The van der Waals surface area contributed by atoms with Gasteiger partial charge >= 0.3 is 0 Å². The van der Waals surface area contributed by atoms with Gasteiger partial charge in [0.25, 0.3) is 0 Å². The topological polar surface area (TPSA) is 0 Å². The van der Waals surface area contributed by atoms with Crippen LogP contribution >= 0.6 is 0 Å². The molecule has 122 valence electrons. The summed E-state index contributed by atoms with van der Waals surface area (Å²) >= 11 is 0. The van der Waals surface area contributed by atoms with E-state index >= 15 is 0 Å². The first-order valence-corrected chi connectivity index (χ1v) is 9.49. The van der Waals surface area contributed by atoms with Crippen molar-refractivity contribution in [3.63, 3.8) is 0 Å². The highest BCUT2D eigenvalue weighted by molar-refractivity contribution is 4.66. The molecule has 0 saturated heterocycles. The molecular weight excluding hydrogens is 240 g/mol. The van der Waals surface area contributed by atoms with Crippen molar-refractivity contribution in [3.05, 3.63) is 0 Å². The second-order valence-electron chi connectivity index (χ2n) is 7.79. The summed E-state index contributed by atoms with van der Waals surface area (Å²) in [5.74, 6) is 4.06. The van der Waals surface area contributed by atoms with E-state index in [1.807, 2.05) is 0 Å². The highest BCUT2D eigenvalue weighted by atomic mass is 14.2. The molecule has 2 fully saturated rings. The summed E-state index contributed by atoms with van der Waals surface area (Å²) in [5, 5.41) is 0. The Bertz CT molecular complexity index is 168. The molecule has 0 aromatic rings. The zero-order valence-corrected chi connectivity index (χ0v) is 15.4. The van der Waals surface area contributed by atoms with Gasteiger partial charge in [0.2, 0.25) is 0 Å². The van der Waals surface area contributed by atoms with E-state index in [0.717, 1.165) is 23.7 Å². The molecule has 0 amide bonds. The van der Waals surface area contributed by atoms with Gasteiger partial charge < -0.3 is 0 Å². The summed E-state index contributed by atoms with van der Waals surface area (Å²) in [7, 11) is 0. The lowest BCUT2D eigenvalue weighted by atomic mass is 9.84. The fourth-order valence-electron chi connectivity index (χ4n) is 3.10. The lowest BCUT2D eigenvalue weighted by Gasteiger charge is -2.22. The summed E-state index contributed by atoms with van der Waals surface area (Å²) in [4.78, 5) is 0. The average molecular weight is 283 g/mol. The van der Waals surface area contributed by atoms with E-state index in [9.17, 15) is 0 Å². The van der Waals surface area contributed by atoms with Gasteiger partial charge in [-0.25, -0.2) is 0 Å². The fraction of sp³-hybridized carbons (Fsp3) is 1.00. The van der Waals surface area contributed by atoms with Crippen molar-refractivity contribution in [2.75, 3.05) is 0 Å². The van der Waals surface area contributed by atoms with Crippen molar-refractivity contribution in [2.45, 2.75) is 106 Å². The van der Waals surface area contributed by atoms with Crippen LogP contribution in [-0.4, -0.2) is 0 Å². The van der Waals surface area contributed by atoms with Gasteiger partial charge in [-0.1, -0.05) is 106 Å². The quantitative estimate of drug-likeness (QED) is 0.404. The lowest BCUT2D eigenvalue weighted by molar-refractivity contribution is 0.308. The third-order valence-electron chi connectivity index (χ3n) is 4.85. The molecule has 2 aliphatic rings. The Morgan fingerprint density at radius 1 is 0.500 bits per heavy atom. The van der Waals surface area contributed by atoms with Crippen LogP contribution in [0.25, 0.3) is 0 Å². The van der Waals surface area contributed by atoms with E-state index in [1.54, 1.807) is 0 Å². The Morgan fingerprint density at radius 2 is 0.700 bits per heavy atom. The molecule has 2 atom stereocenters. The SMILES string of the molecule is CC1CCC(C)CC1.CC1CCCC(C)CC1.CCC. The van der Waals surface area contributed by atoms with E-state index in [2.05, 4.69) is 41.5 Å². The summed E-state index contributed by atoms with van der Waals surface area (Å²) in [6.45, 7) is 13.8. The maximum atomic E-state index is 2.39. The second-order valence-corrected chi connectivity index (χ2v) is 7.79. The lowest BCUT2D eigenvalue weighted by Crippen LogP contribution is -2.08. The molecule has 0 heterocycles. The minimum absolute atomic E-state index is 1.01. The maximum Gasteiger partial charge on any atom is -0.0443 e. The van der Waals surface area contributed by atoms with Gasteiger partial charge in [-0.2, -0.15) is 0 Å². The van der Waals surface area contributed by atoms with E-state index in [4.69, 9.17) is 0 Å². The van der Waals surface area contributed by atoms with Crippen LogP contribution in [0.5, 0.6) is 0 Å². The standard InChI is InChI=1S/C9H18.C8H16.C3H8/c1-8-4-3-5-9(2)7-6-8;1-7-3-5-8(2)6-4-7;1-3-2/h8-9H,3-7H2,1-2H3;7-8H,3-6H2,1-2H3;3H2,1-2H3. The van der Waals surface area contributed by atoms with Gasteiger partial charge in [0, 0.05) is 0 Å². The molecule has 20 heavy (non-hydrogen) atoms. The smallest absolute Gasteiger partial charge is 0.0443 e. The molecule has 0 bridgehead atoms. The van der Waals surface area contributed by atoms with E-state index in [-0.39, 0.29) is 0 Å². The van der Waals surface area contributed by atoms with E-state index in [0.29, 0.717) is 0 Å². The first kappa shape index (κ1) is 20.0. The third-order valence-corrected chi connectivity index (χ3v) is 4.85. The zero-order valence-electron chi connectivity index (χ0n) is 15.4. The normalized spacial score (nSPS) is 33.9. The van der Waals surface area contributed by atoms with Crippen molar-refractivity contribution in [3.8, 4) is 0 Å². The second kappa shape index (κ2) is 12.7. The van der Waals surface area contributed by atoms with Gasteiger partial charge in [0.1, 0.15) is 0 Å². The summed E-state index contributed by atoms with van der Waals surface area (Å²) in [6, 6.07) is 0. The highest BCUT2D eigenvalue weighted by Gasteiger charge is 2.13. The molecule has 0 spiro atoms. The predicted molar refractivity (Wildman–Crippen MR) is 94.2 cm³/mol. The summed E-state index contributed by atoms with van der Waals surface area (Å²) in [5.41, 5.74) is 0. The Hall–Kier alpha value is 0. The Morgan fingerprint density at radius 3 is 0.950 bits per heavy atom. The Labute approximate surface area is 130 Å². The van der Waals surface area contributed by atoms with Gasteiger partial charge in [-0.05, 0) is 23.7 Å². The van der Waals surface area contributed by atoms with Crippen LogP contribution in [0.4, 0.5) is 0 Å². The van der Waals surface area contributed by atoms with Crippen LogP contribution in [-0.2, 0) is 0 Å². The van der Waals surface area contributed by atoms with Crippen LogP contribution in [0.15, 0.2) is 0 Å². The average Bonchev–Trinajstić information content (AvgIpc) is 2.59. The van der Waals surface area contributed by atoms with Crippen LogP contribution in [0.1, 0.15) is 106 Å². The third kappa shape index (κ3) is 11.8. The largest absolute Gasteiger partial charge is 0.0656 e. The molecule has 0 aliphatic heterocycles. The zero-order chi connectivity index (χ0) is 15.4. The molecule has 0 heteroatoms. The molecule has 2 saturated carbocycles. The Kier molecular flexibility index (Phi) is 12.7. The van der Waals surface area contributed by atoms with Crippen LogP contribution in [0, 0.1) is 23.7 Å². The predicted octanol–water partition coefficient (Wildman–Crippen LogP) is 7.47. The number of hydrogen-bond acceptors (Lipinski definition) is 0. The van der Waals surface area contributed by atoms with Crippen molar-refractivity contribution < 1.29 is 0 Å². The molecule has 2 unspecified atom stereocenters. The Balaban J connectivity index is 0.000000304. The van der Waals surface area contributed by atoms with Crippen LogP contribution < -0.4 is 0 Å². The monoisotopic (exact) mass is 282 g/mol. The first-order chi connectivity index (χ1) is 9.49. The molecule has 0 radical (unpaired) electrons. The minimum atomic E-state index is 1.01. The first-order valence-electron chi connectivity index (χ1n) is 9.49. The molecule has 0 aromatic heterocycles. The van der Waals surface area contributed by atoms with Gasteiger partial charge in [-0.3, -0.25) is 0 Å². The maximum absolute atomic E-state index is 2.39. The van der Waals surface area contributed by atoms with E-state index < -0.39 is 0 Å².